The van der Waals surface area contributed by atoms with Crippen LogP contribution >= 0.6 is 0 Å². The number of allylic oxidation sites excluding steroid dienone is 2. The zero-order valence-corrected chi connectivity index (χ0v) is 25.8. The number of aromatic nitrogens is 1. The first kappa shape index (κ1) is 33.5. The second kappa shape index (κ2) is 16.1. The van der Waals surface area contributed by atoms with Crippen molar-refractivity contribution in [3.8, 4) is 0 Å². The topological polar surface area (TPSA) is 134 Å². The Morgan fingerprint density at radius 3 is 2.73 bits per heavy atom. The molecule has 0 radical (unpaired) electrons. The molecule has 4 heterocycles. The lowest BCUT2D eigenvalue weighted by Gasteiger charge is -2.35. The summed E-state index contributed by atoms with van der Waals surface area (Å²) < 4.78 is 31.8. The predicted octanol–water partition coefficient (Wildman–Crippen LogP) is 2.62. The first-order valence-corrected chi connectivity index (χ1v) is 15.5. The van der Waals surface area contributed by atoms with Gasteiger partial charge in [-0.15, -0.1) is 0 Å². The van der Waals surface area contributed by atoms with E-state index in [1.807, 2.05) is 13.8 Å². The molecular formula is C32H45FN4O7. The molecule has 44 heavy (non-hydrogen) atoms. The number of hydrogen-bond donors (Lipinski definition) is 2. The predicted molar refractivity (Wildman–Crippen MR) is 160 cm³/mol. The van der Waals surface area contributed by atoms with E-state index in [1.54, 1.807) is 25.2 Å². The lowest BCUT2D eigenvalue weighted by molar-refractivity contribution is -0.159. The molecule has 3 aliphatic heterocycles. The molecule has 11 nitrogen and oxygen atoms in total. The number of nitrogens with zero attached hydrogens (tertiary/aromatic N) is 3. The number of fused-ring (bicyclic) bond motifs is 3. The maximum Gasteiger partial charge on any atom is 0.329 e. The molecule has 2 fully saturated rings. The monoisotopic (exact) mass is 616 g/mol. The highest BCUT2D eigenvalue weighted by atomic mass is 19.1. The number of oxazole rings is 1. The van der Waals surface area contributed by atoms with Crippen molar-refractivity contribution in [3.63, 3.8) is 0 Å². The highest BCUT2D eigenvalue weighted by Crippen LogP contribution is 2.26. The van der Waals surface area contributed by atoms with Gasteiger partial charge in [0.1, 0.15) is 24.6 Å². The van der Waals surface area contributed by atoms with Crippen molar-refractivity contribution in [1.82, 2.24) is 20.1 Å². The fourth-order valence-corrected chi connectivity index (χ4v) is 5.93. The largest absolute Gasteiger partial charge is 0.460 e. The van der Waals surface area contributed by atoms with Crippen LogP contribution in [0.5, 0.6) is 0 Å². The lowest BCUT2D eigenvalue weighted by Crippen LogP contribution is -2.46. The summed E-state index contributed by atoms with van der Waals surface area (Å²) in [5.74, 6) is -1.61. The summed E-state index contributed by atoms with van der Waals surface area (Å²) >= 11 is 0. The number of ether oxygens (including phenoxy) is 2. The van der Waals surface area contributed by atoms with Gasteiger partial charge in [-0.1, -0.05) is 43.7 Å². The van der Waals surface area contributed by atoms with E-state index in [2.05, 4.69) is 15.2 Å². The number of hydrogen-bond acceptors (Lipinski definition) is 9. The number of aliphatic hydroxyl groups is 1. The molecule has 242 valence electrons. The molecule has 2 saturated heterocycles. The fraction of sp³-hybridized carbons (Fsp3) is 0.625. The minimum absolute atomic E-state index is 0.00809. The molecule has 0 spiro atoms. The Bertz CT molecular complexity index is 1220. The van der Waals surface area contributed by atoms with Gasteiger partial charge in [-0.25, -0.2) is 14.2 Å². The van der Waals surface area contributed by atoms with Crippen LogP contribution < -0.4 is 5.32 Å². The Labute approximate surface area is 258 Å². The zero-order valence-electron chi connectivity index (χ0n) is 25.8. The third-order valence-electron chi connectivity index (χ3n) is 8.21. The van der Waals surface area contributed by atoms with Gasteiger partial charge in [0, 0.05) is 51.0 Å². The summed E-state index contributed by atoms with van der Waals surface area (Å²) in [4.78, 5) is 47.5. The van der Waals surface area contributed by atoms with E-state index in [0.29, 0.717) is 44.7 Å². The molecule has 2 bridgehead atoms. The molecule has 6 unspecified atom stereocenters. The Balaban J connectivity index is 1.57. The first-order valence-electron chi connectivity index (χ1n) is 15.5. The third-order valence-corrected chi connectivity index (χ3v) is 8.21. The SMILES string of the molecule is CC1=C\C(O)CC(F)Cc2nc(co2)C(=O)N2CCCC2C(=O)OC(C(C)CN2CCOCC2)C(C)/C=C/C(=O)NC\C=C\1. The number of esters is 1. The fourth-order valence-electron chi connectivity index (χ4n) is 5.93. The van der Waals surface area contributed by atoms with Crippen LogP contribution in [0.25, 0.3) is 0 Å². The maximum atomic E-state index is 14.7. The molecular weight excluding hydrogens is 571 g/mol. The molecule has 6 atom stereocenters. The number of carbonyl (C=O) groups excluding carboxylic acids is 3. The molecule has 3 aliphatic rings. The van der Waals surface area contributed by atoms with Crippen molar-refractivity contribution in [3.05, 3.63) is 53.8 Å². The van der Waals surface area contributed by atoms with Gasteiger partial charge in [0.2, 0.25) is 5.91 Å². The quantitative estimate of drug-likeness (QED) is 0.492. The minimum Gasteiger partial charge on any atom is -0.460 e. The van der Waals surface area contributed by atoms with Crippen LogP contribution in [0.1, 0.15) is 56.4 Å². The molecule has 1 aromatic rings. The van der Waals surface area contributed by atoms with Gasteiger partial charge in [-0.05, 0) is 25.8 Å². The zero-order chi connectivity index (χ0) is 31.6. The second-order valence-electron chi connectivity index (χ2n) is 12.0. The van der Waals surface area contributed by atoms with E-state index in [1.165, 1.54) is 23.3 Å². The molecule has 0 saturated carbocycles. The average Bonchev–Trinajstić information content (AvgIpc) is 3.66. The van der Waals surface area contributed by atoms with E-state index in [0.717, 1.165) is 13.1 Å². The smallest absolute Gasteiger partial charge is 0.329 e. The number of aliphatic hydroxyl groups excluding tert-OH is 1. The Morgan fingerprint density at radius 2 is 1.95 bits per heavy atom. The van der Waals surface area contributed by atoms with Crippen LogP contribution in [-0.2, 0) is 25.5 Å². The molecule has 0 aliphatic carbocycles. The van der Waals surface area contributed by atoms with Gasteiger partial charge in [0.25, 0.3) is 5.91 Å². The Morgan fingerprint density at radius 1 is 1.18 bits per heavy atom. The molecule has 1 aromatic heterocycles. The van der Waals surface area contributed by atoms with Crippen LogP contribution in [0.2, 0.25) is 0 Å². The molecule has 2 amide bonds. The van der Waals surface area contributed by atoms with Crippen molar-refractivity contribution in [2.75, 3.05) is 45.9 Å². The van der Waals surface area contributed by atoms with Gasteiger partial charge < -0.3 is 29.2 Å². The number of amides is 2. The number of morpholine rings is 1. The van der Waals surface area contributed by atoms with Gasteiger partial charge in [-0.3, -0.25) is 14.5 Å². The van der Waals surface area contributed by atoms with Crippen molar-refractivity contribution < 1.29 is 37.8 Å². The molecule has 2 N–H and O–H groups in total. The highest BCUT2D eigenvalue weighted by Gasteiger charge is 2.39. The van der Waals surface area contributed by atoms with Crippen molar-refractivity contribution in [1.29, 1.82) is 0 Å². The second-order valence-corrected chi connectivity index (χ2v) is 12.0. The number of nitrogens with one attached hydrogen (secondary N) is 1. The molecule has 12 heteroatoms. The van der Waals surface area contributed by atoms with Crippen molar-refractivity contribution >= 4 is 17.8 Å². The lowest BCUT2D eigenvalue weighted by atomic mass is 9.92. The van der Waals surface area contributed by atoms with Crippen LogP contribution in [0.15, 0.2) is 46.6 Å². The van der Waals surface area contributed by atoms with Crippen LogP contribution in [-0.4, -0.2) is 108 Å². The molecule has 4 rings (SSSR count). The van der Waals surface area contributed by atoms with Crippen LogP contribution in [0.4, 0.5) is 4.39 Å². The minimum atomic E-state index is -1.46. The first-order chi connectivity index (χ1) is 21.1. The number of halogens is 1. The normalized spacial score (nSPS) is 32.1. The molecule has 0 aromatic carbocycles. The summed E-state index contributed by atoms with van der Waals surface area (Å²) in [5.41, 5.74) is 0.704. The summed E-state index contributed by atoms with van der Waals surface area (Å²) in [7, 11) is 0. The van der Waals surface area contributed by atoms with Gasteiger partial charge in [0.15, 0.2) is 11.6 Å². The Hall–Kier alpha value is -3.35. The summed E-state index contributed by atoms with van der Waals surface area (Å²) in [6.45, 7) is 9.85. The van der Waals surface area contributed by atoms with E-state index >= 15 is 0 Å². The highest BCUT2D eigenvalue weighted by molar-refractivity contribution is 5.95. The number of cyclic esters (lactones) is 1. The number of rotatable bonds is 3. The van der Waals surface area contributed by atoms with Crippen molar-refractivity contribution in [2.45, 2.75) is 70.9 Å². The van der Waals surface area contributed by atoms with E-state index in [4.69, 9.17) is 13.9 Å². The average molecular weight is 617 g/mol. The van der Waals surface area contributed by atoms with Crippen molar-refractivity contribution in [2.24, 2.45) is 11.8 Å². The summed E-state index contributed by atoms with van der Waals surface area (Å²) in [5, 5.41) is 13.1. The third kappa shape index (κ3) is 9.57. The Kier molecular flexibility index (Phi) is 12.3. The standard InChI is InChI=1S/C32H45FN4O7/c1-21-6-4-10-34-28(39)9-8-22(2)30(23(3)19-36-12-14-42-15-13-36)44-32(41)27-7-5-11-37(27)31(40)26-20-43-29(35-26)18-24(33)17-25(38)16-21/h4,6,8-9,16,20,22-25,27,30,38H,5,7,10-15,17-19H2,1-3H3,(H,34,39)/b6-4+,9-8+,21-16+. The maximum absolute atomic E-state index is 14.7. The van der Waals surface area contributed by atoms with E-state index in [9.17, 15) is 23.9 Å². The summed E-state index contributed by atoms with van der Waals surface area (Å²) in [6, 6.07) is -0.798. The van der Waals surface area contributed by atoms with E-state index in [-0.39, 0.29) is 48.7 Å². The van der Waals surface area contributed by atoms with Crippen LogP contribution in [0, 0.1) is 11.8 Å². The van der Waals surface area contributed by atoms with Crippen LogP contribution in [0.3, 0.4) is 0 Å². The van der Waals surface area contributed by atoms with Gasteiger partial charge in [0.05, 0.1) is 25.7 Å². The summed E-state index contributed by atoms with van der Waals surface area (Å²) in [6.07, 6.45) is 7.00. The van der Waals surface area contributed by atoms with E-state index < -0.39 is 36.3 Å². The van der Waals surface area contributed by atoms with Gasteiger partial charge >= 0.3 is 5.97 Å². The van der Waals surface area contributed by atoms with Gasteiger partial charge in [-0.2, -0.15) is 0 Å². The number of alkyl halides is 1. The number of carbonyl (C=O) groups is 3.